The molecule has 0 N–H and O–H groups in total. The van der Waals surface area contributed by atoms with Gasteiger partial charge in [-0.15, -0.1) is 0 Å². The van der Waals surface area contributed by atoms with Crippen molar-refractivity contribution in [2.45, 2.75) is 34.1 Å². The molecule has 106 valence electrons. The van der Waals surface area contributed by atoms with Gasteiger partial charge in [-0.2, -0.15) is 0 Å². The molecule has 0 amide bonds. The van der Waals surface area contributed by atoms with Crippen LogP contribution in [0, 0.1) is 0 Å². The van der Waals surface area contributed by atoms with Crippen molar-refractivity contribution in [1.82, 2.24) is 0 Å². The van der Waals surface area contributed by atoms with Crippen molar-refractivity contribution in [1.29, 1.82) is 0 Å². The molecule has 0 spiro atoms. The summed E-state index contributed by atoms with van der Waals surface area (Å²) in [4.78, 5) is 11.4. The zero-order chi connectivity index (χ0) is 13.9. The fraction of sp³-hybridized carbons (Fsp3) is 0.750. The van der Waals surface area contributed by atoms with Crippen LogP contribution < -0.4 is 0 Å². The largest absolute Gasteiger partial charge is 0.529 e. The fourth-order valence-corrected chi connectivity index (χ4v) is 3.38. The highest BCUT2D eigenvalue weighted by Crippen LogP contribution is 2.12. The smallest absolute Gasteiger partial charge is 0.463 e. The van der Waals surface area contributed by atoms with Crippen molar-refractivity contribution in [2.75, 3.05) is 26.4 Å². The number of ether oxygens (including phenoxy) is 1. The minimum absolute atomic E-state index is 0.396. The van der Waals surface area contributed by atoms with Gasteiger partial charge in [-0.1, -0.05) is 6.92 Å². The molecule has 0 saturated heterocycles. The average Bonchev–Trinajstić information content (AvgIpc) is 2.35. The molecule has 0 bridgehead atoms. The summed E-state index contributed by atoms with van der Waals surface area (Å²) < 4.78 is 21.6. The first-order valence-corrected chi connectivity index (χ1v) is 8.22. The van der Waals surface area contributed by atoms with E-state index in [1.54, 1.807) is 5.70 Å². The molecule has 0 unspecified atom stereocenters. The summed E-state index contributed by atoms with van der Waals surface area (Å²) in [5.41, 5.74) is 1.58. The van der Waals surface area contributed by atoms with E-state index in [0.29, 0.717) is 26.4 Å². The molecule has 0 heterocycles. The molecule has 0 fully saturated rings. The summed E-state index contributed by atoms with van der Waals surface area (Å²) in [5.74, 6) is -0.396. The van der Waals surface area contributed by atoms with Gasteiger partial charge < -0.3 is 18.0 Å². The van der Waals surface area contributed by atoms with Crippen molar-refractivity contribution in [3.8, 4) is 0 Å². The van der Waals surface area contributed by atoms with E-state index in [2.05, 4.69) is 0 Å². The van der Waals surface area contributed by atoms with Crippen LogP contribution in [0.2, 0.25) is 0 Å². The average molecular weight is 276 g/mol. The van der Waals surface area contributed by atoms with Crippen LogP contribution >= 0.6 is 0 Å². The summed E-state index contributed by atoms with van der Waals surface area (Å²) >= 11 is 0. The van der Waals surface area contributed by atoms with Gasteiger partial charge in [0.25, 0.3) is 0 Å². The second-order valence-corrected chi connectivity index (χ2v) is 5.81. The highest BCUT2D eigenvalue weighted by Gasteiger charge is 2.37. The van der Waals surface area contributed by atoms with E-state index >= 15 is 0 Å². The first-order valence-electron chi connectivity index (χ1n) is 6.41. The third kappa shape index (κ3) is 6.90. The Morgan fingerprint density at radius 2 is 1.50 bits per heavy atom. The predicted octanol–water partition coefficient (Wildman–Crippen LogP) is 2.08. The van der Waals surface area contributed by atoms with Crippen molar-refractivity contribution < 1.29 is 22.8 Å². The number of hydrogen-bond acceptors (Lipinski definition) is 5. The quantitative estimate of drug-likeness (QED) is 0.347. The molecule has 0 saturated carbocycles. The van der Waals surface area contributed by atoms with Crippen LogP contribution in [0.1, 0.15) is 34.1 Å². The van der Waals surface area contributed by atoms with Crippen LogP contribution in [-0.2, 0) is 22.8 Å². The van der Waals surface area contributed by atoms with E-state index in [9.17, 15) is 4.79 Å². The summed E-state index contributed by atoms with van der Waals surface area (Å²) in [7, 11) is -2.88. The Balaban J connectivity index is 4.62. The molecule has 0 aliphatic carbocycles. The first kappa shape index (κ1) is 17.3. The van der Waals surface area contributed by atoms with Crippen LogP contribution in [-0.4, -0.2) is 41.2 Å². The van der Waals surface area contributed by atoms with Crippen LogP contribution in [0.15, 0.2) is 11.8 Å². The summed E-state index contributed by atoms with van der Waals surface area (Å²) in [5, 5.41) is 0. The zero-order valence-electron chi connectivity index (χ0n) is 11.7. The van der Waals surface area contributed by atoms with Crippen molar-refractivity contribution in [3.63, 3.8) is 0 Å². The second kappa shape index (κ2) is 10.2. The zero-order valence-corrected chi connectivity index (χ0v) is 12.7. The molecule has 18 heavy (non-hydrogen) atoms. The summed E-state index contributed by atoms with van der Waals surface area (Å²) in [6.45, 7) is 9.36. The molecule has 5 nitrogen and oxygen atoms in total. The molecule has 0 aliphatic rings. The number of carbonyl (C=O) groups excluding carboxylic acids is 1. The Hall–Kier alpha value is -0.693. The van der Waals surface area contributed by atoms with Crippen molar-refractivity contribution >= 4 is 14.8 Å². The molecule has 0 aromatic heterocycles. The van der Waals surface area contributed by atoms with Gasteiger partial charge in [0.2, 0.25) is 0 Å². The minimum atomic E-state index is -2.88. The Morgan fingerprint density at radius 1 is 1.00 bits per heavy atom. The van der Waals surface area contributed by atoms with Crippen molar-refractivity contribution in [2.24, 2.45) is 0 Å². The lowest BCUT2D eigenvalue weighted by Gasteiger charge is -2.25. The van der Waals surface area contributed by atoms with E-state index in [-0.39, 0.29) is 0 Å². The summed E-state index contributed by atoms with van der Waals surface area (Å²) in [6.07, 6.45) is 2.13. The van der Waals surface area contributed by atoms with Crippen LogP contribution in [0.5, 0.6) is 0 Å². The standard InChI is InChI=1S/C12H24O5Si/c1-5-10-14-12(13)9-11-18(15-6-2,16-7-3)17-8-4/h9,11H,5-8,10H2,1-4H3. The molecular formula is C12H24O5Si. The van der Waals surface area contributed by atoms with E-state index in [1.807, 2.05) is 27.7 Å². The molecule has 6 heteroatoms. The van der Waals surface area contributed by atoms with E-state index in [4.69, 9.17) is 18.0 Å². The monoisotopic (exact) mass is 276 g/mol. The van der Waals surface area contributed by atoms with Crippen LogP contribution in [0.25, 0.3) is 0 Å². The molecule has 0 aromatic rings. The van der Waals surface area contributed by atoms with Gasteiger partial charge >= 0.3 is 14.8 Å². The number of carbonyl (C=O) groups is 1. The topological polar surface area (TPSA) is 54.0 Å². The van der Waals surface area contributed by atoms with Gasteiger partial charge in [0.15, 0.2) is 0 Å². The van der Waals surface area contributed by atoms with Gasteiger partial charge in [0.05, 0.1) is 6.61 Å². The Morgan fingerprint density at radius 3 is 1.89 bits per heavy atom. The third-order valence-corrected chi connectivity index (χ3v) is 4.56. The molecule has 0 rings (SSSR count). The van der Waals surface area contributed by atoms with Crippen LogP contribution in [0.4, 0.5) is 0 Å². The summed E-state index contributed by atoms with van der Waals surface area (Å²) in [6, 6.07) is 0. The molecule has 0 radical (unpaired) electrons. The first-order chi connectivity index (χ1) is 8.64. The van der Waals surface area contributed by atoms with Gasteiger partial charge in [-0.3, -0.25) is 0 Å². The third-order valence-electron chi connectivity index (χ3n) is 1.91. The number of rotatable bonds is 10. The maximum atomic E-state index is 11.4. The number of esters is 1. The highest BCUT2D eigenvalue weighted by molar-refractivity contribution is 6.66. The minimum Gasteiger partial charge on any atom is -0.463 e. The van der Waals surface area contributed by atoms with E-state index in [0.717, 1.165) is 6.42 Å². The maximum absolute atomic E-state index is 11.4. The van der Waals surface area contributed by atoms with Gasteiger partial charge in [0.1, 0.15) is 0 Å². The molecule has 0 aliphatic heterocycles. The lowest BCUT2D eigenvalue weighted by atomic mass is 10.5. The second-order valence-electron chi connectivity index (χ2n) is 3.40. The Kier molecular flexibility index (Phi) is 9.86. The van der Waals surface area contributed by atoms with Crippen molar-refractivity contribution in [3.05, 3.63) is 11.8 Å². The fourth-order valence-electron chi connectivity index (χ4n) is 1.29. The lowest BCUT2D eigenvalue weighted by Crippen LogP contribution is -2.44. The van der Waals surface area contributed by atoms with E-state index < -0.39 is 14.8 Å². The molecule has 0 aromatic carbocycles. The molecule has 0 atom stereocenters. The van der Waals surface area contributed by atoms with Gasteiger partial charge in [0, 0.05) is 25.9 Å². The number of hydrogen-bond donors (Lipinski definition) is 0. The normalized spacial score (nSPS) is 12.0. The molecular weight excluding hydrogens is 252 g/mol. The highest BCUT2D eigenvalue weighted by atomic mass is 28.4. The Bertz CT molecular complexity index is 238. The van der Waals surface area contributed by atoms with Gasteiger partial charge in [-0.25, -0.2) is 4.79 Å². The lowest BCUT2D eigenvalue weighted by molar-refractivity contribution is -0.137. The predicted molar refractivity (Wildman–Crippen MR) is 71.0 cm³/mol. The Labute approximate surface area is 110 Å². The SMILES string of the molecule is CCCOC(=O)C=C[Si](OCC)(OCC)OCC. The maximum Gasteiger partial charge on any atom is 0.529 e. The van der Waals surface area contributed by atoms with E-state index in [1.165, 1.54) is 6.08 Å². The van der Waals surface area contributed by atoms with Crippen LogP contribution in [0.3, 0.4) is 0 Å². The van der Waals surface area contributed by atoms with Gasteiger partial charge in [-0.05, 0) is 32.9 Å².